The molecule has 3 heterocycles. The van der Waals surface area contributed by atoms with Crippen molar-refractivity contribution in [2.45, 2.75) is 18.9 Å². The van der Waals surface area contributed by atoms with Crippen molar-refractivity contribution in [2.75, 3.05) is 13.1 Å². The molecule has 0 aliphatic carbocycles. The molecule has 1 N–H and O–H groups in total. The summed E-state index contributed by atoms with van der Waals surface area (Å²) in [6, 6.07) is 18.3. The molecular weight excluding hydrogens is 513 g/mol. The molecule has 3 aromatic rings. The summed E-state index contributed by atoms with van der Waals surface area (Å²) >= 11 is 3.43. The largest absolute Gasteiger partial charge is 0.336 e. The number of halogens is 2. The highest BCUT2D eigenvalue weighted by Crippen LogP contribution is 2.35. The molecule has 2 aliphatic heterocycles. The van der Waals surface area contributed by atoms with E-state index in [1.807, 2.05) is 30.3 Å². The van der Waals surface area contributed by atoms with Gasteiger partial charge in [-0.15, -0.1) is 0 Å². The standard InChI is InChI=1S/C27H23BrFN3O3/c28-20-6-3-5-17(12-20)13-23(30-26(34)21-7-1-2-8-22(21)29)27(35)31-14-18-11-19(16-31)24-9-4-10-25(33)32(24)15-18/h1-10,12-13,18-19H,11,14-16H2,(H,30,34)/b23-13-. The van der Waals surface area contributed by atoms with Crippen LogP contribution in [-0.2, 0) is 11.3 Å². The lowest BCUT2D eigenvalue weighted by molar-refractivity contribution is -0.130. The Hall–Kier alpha value is -3.52. The molecule has 2 aliphatic rings. The molecule has 178 valence electrons. The van der Waals surface area contributed by atoms with Crippen LogP contribution in [0.5, 0.6) is 0 Å². The van der Waals surface area contributed by atoms with Crippen LogP contribution in [0.25, 0.3) is 6.08 Å². The summed E-state index contributed by atoms with van der Waals surface area (Å²) in [5.41, 5.74) is 1.56. The third-order valence-corrected chi connectivity index (χ3v) is 7.02. The third kappa shape index (κ3) is 4.84. The molecule has 2 aromatic carbocycles. The lowest BCUT2D eigenvalue weighted by Gasteiger charge is -2.43. The molecule has 1 fully saturated rings. The molecule has 0 radical (unpaired) electrons. The number of hydrogen-bond donors (Lipinski definition) is 1. The Bertz CT molecular complexity index is 1400. The van der Waals surface area contributed by atoms with Gasteiger partial charge in [-0.05, 0) is 54.3 Å². The first kappa shape index (κ1) is 23.2. The van der Waals surface area contributed by atoms with Crippen molar-refractivity contribution >= 4 is 33.8 Å². The number of piperidine rings is 1. The van der Waals surface area contributed by atoms with E-state index in [-0.39, 0.29) is 34.6 Å². The molecular formula is C27H23BrFN3O3. The van der Waals surface area contributed by atoms with E-state index in [9.17, 15) is 18.8 Å². The van der Waals surface area contributed by atoms with Crippen LogP contribution in [0.3, 0.4) is 0 Å². The quantitative estimate of drug-likeness (QED) is 0.509. The van der Waals surface area contributed by atoms with E-state index in [4.69, 9.17) is 0 Å². The molecule has 2 unspecified atom stereocenters. The Balaban J connectivity index is 1.46. The maximum absolute atomic E-state index is 14.2. The van der Waals surface area contributed by atoms with Crippen molar-refractivity contribution in [2.24, 2.45) is 5.92 Å². The predicted octanol–water partition coefficient (Wildman–Crippen LogP) is 4.17. The topological polar surface area (TPSA) is 71.4 Å². The van der Waals surface area contributed by atoms with Gasteiger partial charge < -0.3 is 14.8 Å². The van der Waals surface area contributed by atoms with Crippen LogP contribution in [0.1, 0.15) is 34.0 Å². The average Bonchev–Trinajstić information content (AvgIpc) is 2.84. The summed E-state index contributed by atoms with van der Waals surface area (Å²) in [6.45, 7) is 1.47. The zero-order valence-electron chi connectivity index (χ0n) is 18.8. The van der Waals surface area contributed by atoms with Crippen LogP contribution >= 0.6 is 15.9 Å². The lowest BCUT2D eigenvalue weighted by atomic mass is 9.83. The zero-order chi connectivity index (χ0) is 24.5. The molecule has 5 rings (SSSR count). The molecule has 1 aromatic heterocycles. The fourth-order valence-corrected chi connectivity index (χ4v) is 5.40. The number of nitrogens with zero attached hydrogens (tertiary/aromatic N) is 2. The summed E-state index contributed by atoms with van der Waals surface area (Å²) < 4.78 is 16.9. The third-order valence-electron chi connectivity index (χ3n) is 6.52. The molecule has 8 heteroatoms. The van der Waals surface area contributed by atoms with Gasteiger partial charge in [0, 0.05) is 41.8 Å². The molecule has 2 bridgehead atoms. The van der Waals surface area contributed by atoms with Gasteiger partial charge in [-0.3, -0.25) is 14.4 Å². The molecule has 35 heavy (non-hydrogen) atoms. The van der Waals surface area contributed by atoms with Crippen molar-refractivity contribution in [3.8, 4) is 0 Å². The van der Waals surface area contributed by atoms with Gasteiger partial charge in [0.25, 0.3) is 17.4 Å². The number of rotatable bonds is 4. The highest BCUT2D eigenvalue weighted by Gasteiger charge is 2.37. The molecule has 2 amide bonds. The fourth-order valence-electron chi connectivity index (χ4n) is 4.98. The number of likely N-dealkylation sites (tertiary alicyclic amines) is 1. The molecule has 0 saturated carbocycles. The van der Waals surface area contributed by atoms with E-state index in [1.54, 1.807) is 33.7 Å². The number of carbonyl (C=O) groups is 2. The first-order valence-corrected chi connectivity index (χ1v) is 12.2. The second-order valence-corrected chi connectivity index (χ2v) is 9.87. The zero-order valence-corrected chi connectivity index (χ0v) is 20.4. The Morgan fingerprint density at radius 1 is 1.00 bits per heavy atom. The number of fused-ring (bicyclic) bond motifs is 4. The highest BCUT2D eigenvalue weighted by molar-refractivity contribution is 9.10. The lowest BCUT2D eigenvalue weighted by Crippen LogP contribution is -2.50. The Morgan fingerprint density at radius 3 is 2.60 bits per heavy atom. The number of pyridine rings is 1. The predicted molar refractivity (Wildman–Crippen MR) is 134 cm³/mol. The van der Waals surface area contributed by atoms with Crippen LogP contribution in [0.4, 0.5) is 4.39 Å². The van der Waals surface area contributed by atoms with E-state index in [2.05, 4.69) is 21.2 Å². The normalized spacial score (nSPS) is 19.1. The van der Waals surface area contributed by atoms with Gasteiger partial charge >= 0.3 is 0 Å². The van der Waals surface area contributed by atoms with E-state index in [1.165, 1.54) is 18.2 Å². The Morgan fingerprint density at radius 2 is 1.80 bits per heavy atom. The minimum Gasteiger partial charge on any atom is -0.336 e. The van der Waals surface area contributed by atoms with Gasteiger partial charge in [-0.1, -0.05) is 46.3 Å². The van der Waals surface area contributed by atoms with Crippen LogP contribution in [0.15, 0.2) is 81.7 Å². The van der Waals surface area contributed by atoms with E-state index < -0.39 is 11.7 Å². The maximum atomic E-state index is 14.2. The SMILES string of the molecule is O=C(N/C(=C\c1cccc(Br)c1)C(=O)N1CC2CC(C1)c1cccc(=O)n1C2)c1ccccc1F. The number of aromatic nitrogens is 1. The highest BCUT2D eigenvalue weighted by atomic mass is 79.9. The first-order chi connectivity index (χ1) is 16.9. The number of nitrogens with one attached hydrogen (secondary N) is 1. The molecule has 2 atom stereocenters. The number of hydrogen-bond acceptors (Lipinski definition) is 3. The molecule has 6 nitrogen and oxygen atoms in total. The summed E-state index contributed by atoms with van der Waals surface area (Å²) in [4.78, 5) is 40.7. The van der Waals surface area contributed by atoms with Crippen LogP contribution in [0, 0.1) is 11.7 Å². The van der Waals surface area contributed by atoms with Gasteiger partial charge in [0.15, 0.2) is 0 Å². The molecule has 0 spiro atoms. The Kier molecular flexibility index (Phi) is 6.38. The monoisotopic (exact) mass is 535 g/mol. The minimum absolute atomic E-state index is 0.0237. The molecule has 1 saturated heterocycles. The fraction of sp³-hybridized carbons (Fsp3) is 0.222. The van der Waals surface area contributed by atoms with Crippen molar-refractivity contribution in [3.63, 3.8) is 0 Å². The van der Waals surface area contributed by atoms with Crippen molar-refractivity contribution in [1.29, 1.82) is 0 Å². The number of carbonyl (C=O) groups excluding carboxylic acids is 2. The summed E-state index contributed by atoms with van der Waals surface area (Å²) in [5, 5.41) is 2.65. The van der Waals surface area contributed by atoms with Gasteiger partial charge in [-0.25, -0.2) is 4.39 Å². The van der Waals surface area contributed by atoms with Crippen LogP contribution in [0.2, 0.25) is 0 Å². The average molecular weight is 536 g/mol. The minimum atomic E-state index is -0.688. The van der Waals surface area contributed by atoms with E-state index in [0.717, 1.165) is 16.6 Å². The number of benzene rings is 2. The van der Waals surface area contributed by atoms with Crippen molar-refractivity contribution in [1.82, 2.24) is 14.8 Å². The van der Waals surface area contributed by atoms with Gasteiger partial charge in [0.05, 0.1) is 5.56 Å². The summed E-state index contributed by atoms with van der Waals surface area (Å²) in [5.74, 6) is -1.51. The van der Waals surface area contributed by atoms with Crippen molar-refractivity contribution < 1.29 is 14.0 Å². The second-order valence-electron chi connectivity index (χ2n) is 8.96. The van der Waals surface area contributed by atoms with Crippen molar-refractivity contribution in [3.05, 3.63) is 110 Å². The van der Waals surface area contributed by atoms with Gasteiger partial charge in [0.2, 0.25) is 0 Å². The maximum Gasteiger partial charge on any atom is 0.270 e. The summed E-state index contributed by atoms with van der Waals surface area (Å²) in [6.07, 6.45) is 2.51. The first-order valence-electron chi connectivity index (χ1n) is 11.4. The number of amides is 2. The van der Waals surface area contributed by atoms with Gasteiger partial charge in [-0.2, -0.15) is 0 Å². The Labute approximate surface area is 210 Å². The summed E-state index contributed by atoms with van der Waals surface area (Å²) in [7, 11) is 0. The van der Waals surface area contributed by atoms with E-state index in [0.29, 0.717) is 25.2 Å². The second kappa shape index (κ2) is 9.62. The van der Waals surface area contributed by atoms with E-state index >= 15 is 0 Å². The van der Waals surface area contributed by atoms with Crippen LogP contribution < -0.4 is 10.9 Å². The smallest absolute Gasteiger partial charge is 0.270 e. The van der Waals surface area contributed by atoms with Gasteiger partial charge in [0.1, 0.15) is 11.5 Å². The van der Waals surface area contributed by atoms with Crippen LogP contribution in [-0.4, -0.2) is 34.4 Å².